The third-order valence-electron chi connectivity index (χ3n) is 3.93. The number of aromatic amines is 1. The highest BCUT2D eigenvalue weighted by Crippen LogP contribution is 2.26. The van der Waals surface area contributed by atoms with Crippen molar-refractivity contribution in [3.05, 3.63) is 47.4 Å². The van der Waals surface area contributed by atoms with Gasteiger partial charge in [-0.1, -0.05) is 44.2 Å². The first kappa shape index (κ1) is 16.4. The molecule has 0 bridgehead atoms. The van der Waals surface area contributed by atoms with E-state index in [9.17, 15) is 0 Å². The first-order valence-corrected chi connectivity index (χ1v) is 8.41. The summed E-state index contributed by atoms with van der Waals surface area (Å²) in [6.45, 7) is 5.69. The van der Waals surface area contributed by atoms with Crippen LogP contribution in [0.2, 0.25) is 0 Å². The first-order chi connectivity index (χ1) is 11.7. The number of rotatable bonds is 7. The predicted molar refractivity (Wildman–Crippen MR) is 97.2 cm³/mol. The largest absolute Gasteiger partial charge is 0.368 e. The summed E-state index contributed by atoms with van der Waals surface area (Å²) >= 11 is 0. The molecule has 0 aliphatic carbocycles. The summed E-state index contributed by atoms with van der Waals surface area (Å²) in [6.07, 6.45) is 1.59. The average molecular weight is 324 g/mol. The lowest BCUT2D eigenvalue weighted by Gasteiger charge is -2.09. The molecule has 6 heteroatoms. The number of fused-ring (bicyclic) bond motifs is 1. The summed E-state index contributed by atoms with van der Waals surface area (Å²) in [5.41, 5.74) is 9.53. The quantitative estimate of drug-likeness (QED) is 0.581. The second kappa shape index (κ2) is 7.40. The molecule has 0 unspecified atom stereocenters. The van der Waals surface area contributed by atoms with Crippen LogP contribution in [-0.2, 0) is 6.42 Å². The topological polar surface area (TPSA) is 92.5 Å². The van der Waals surface area contributed by atoms with Crippen molar-refractivity contribution in [2.75, 3.05) is 18.4 Å². The Morgan fingerprint density at radius 1 is 1.12 bits per heavy atom. The van der Waals surface area contributed by atoms with Gasteiger partial charge in [-0.15, -0.1) is 0 Å². The van der Waals surface area contributed by atoms with Gasteiger partial charge in [-0.3, -0.25) is 5.10 Å². The molecule has 2 aromatic heterocycles. The number of nitrogens with zero attached hydrogens (tertiary/aromatic N) is 3. The minimum absolute atomic E-state index is 0.325. The molecule has 0 spiro atoms. The predicted octanol–water partition coefficient (Wildman–Crippen LogP) is 2.83. The zero-order valence-corrected chi connectivity index (χ0v) is 14.2. The van der Waals surface area contributed by atoms with E-state index in [1.165, 1.54) is 5.56 Å². The summed E-state index contributed by atoms with van der Waals surface area (Å²) in [5.74, 6) is 1.90. The van der Waals surface area contributed by atoms with E-state index in [2.05, 4.69) is 41.5 Å². The van der Waals surface area contributed by atoms with E-state index in [-0.39, 0.29) is 0 Å². The van der Waals surface area contributed by atoms with E-state index < -0.39 is 0 Å². The Labute approximate surface area is 141 Å². The molecule has 6 nitrogen and oxygen atoms in total. The Kier molecular flexibility index (Phi) is 5.05. The van der Waals surface area contributed by atoms with Crippen molar-refractivity contribution < 1.29 is 0 Å². The molecule has 0 radical (unpaired) electrons. The SMILES string of the molecule is CC(C)c1[nH]nc2c(NCCCN)nc(Cc3ccccc3)nc12. The molecule has 0 atom stereocenters. The fourth-order valence-corrected chi connectivity index (χ4v) is 2.66. The summed E-state index contributed by atoms with van der Waals surface area (Å²) in [5, 5.41) is 10.9. The molecule has 0 fully saturated rings. The highest BCUT2D eigenvalue weighted by molar-refractivity contribution is 5.87. The van der Waals surface area contributed by atoms with Gasteiger partial charge in [-0.25, -0.2) is 9.97 Å². The summed E-state index contributed by atoms with van der Waals surface area (Å²) in [6, 6.07) is 10.3. The maximum Gasteiger partial charge on any atom is 0.158 e. The zero-order chi connectivity index (χ0) is 16.9. The van der Waals surface area contributed by atoms with Crippen molar-refractivity contribution in [3.63, 3.8) is 0 Å². The number of H-pyrrole nitrogens is 1. The van der Waals surface area contributed by atoms with Gasteiger partial charge >= 0.3 is 0 Å². The van der Waals surface area contributed by atoms with E-state index in [1.54, 1.807) is 0 Å². The molecule has 4 N–H and O–H groups in total. The number of nitrogens with one attached hydrogen (secondary N) is 2. The van der Waals surface area contributed by atoms with Crippen LogP contribution in [0.5, 0.6) is 0 Å². The third kappa shape index (κ3) is 3.54. The van der Waals surface area contributed by atoms with Gasteiger partial charge in [0.1, 0.15) is 11.3 Å². The van der Waals surface area contributed by atoms with Gasteiger partial charge in [0.25, 0.3) is 0 Å². The van der Waals surface area contributed by atoms with Gasteiger partial charge in [0.2, 0.25) is 0 Å². The van der Waals surface area contributed by atoms with Crippen molar-refractivity contribution in [2.45, 2.75) is 32.6 Å². The van der Waals surface area contributed by atoms with Crippen LogP contribution in [0.4, 0.5) is 5.82 Å². The molecule has 126 valence electrons. The molecule has 0 saturated carbocycles. The van der Waals surface area contributed by atoms with Crippen molar-refractivity contribution in [1.82, 2.24) is 20.2 Å². The number of hydrogen-bond acceptors (Lipinski definition) is 5. The number of anilines is 1. The molecule has 1 aromatic carbocycles. The monoisotopic (exact) mass is 324 g/mol. The van der Waals surface area contributed by atoms with E-state index in [4.69, 9.17) is 15.7 Å². The van der Waals surface area contributed by atoms with Gasteiger partial charge in [-0.05, 0) is 24.4 Å². The standard InChI is InChI=1S/C18H24N6/c1-12(2)15-16-17(24-23-15)18(20-10-6-9-19)22-14(21-16)11-13-7-4-3-5-8-13/h3-5,7-8,12H,6,9-11,19H2,1-2H3,(H,23,24)(H,20,21,22). The lowest BCUT2D eigenvalue weighted by molar-refractivity contribution is 0.814. The van der Waals surface area contributed by atoms with Crippen molar-refractivity contribution >= 4 is 16.9 Å². The van der Waals surface area contributed by atoms with Gasteiger partial charge < -0.3 is 11.1 Å². The van der Waals surface area contributed by atoms with Crippen LogP contribution >= 0.6 is 0 Å². The van der Waals surface area contributed by atoms with Crippen LogP contribution in [0.3, 0.4) is 0 Å². The minimum atomic E-state index is 0.325. The smallest absolute Gasteiger partial charge is 0.158 e. The van der Waals surface area contributed by atoms with Gasteiger partial charge in [0, 0.05) is 13.0 Å². The molecule has 3 rings (SSSR count). The highest BCUT2D eigenvalue weighted by Gasteiger charge is 2.16. The molecular weight excluding hydrogens is 300 g/mol. The lowest BCUT2D eigenvalue weighted by Crippen LogP contribution is -2.11. The van der Waals surface area contributed by atoms with Crippen molar-refractivity contribution in [1.29, 1.82) is 0 Å². The molecule has 0 aliphatic heterocycles. The van der Waals surface area contributed by atoms with Crippen molar-refractivity contribution in [2.24, 2.45) is 5.73 Å². The molecule has 0 aliphatic rings. The fraction of sp³-hybridized carbons (Fsp3) is 0.389. The highest BCUT2D eigenvalue weighted by atomic mass is 15.2. The second-order valence-electron chi connectivity index (χ2n) is 6.21. The first-order valence-electron chi connectivity index (χ1n) is 8.41. The van der Waals surface area contributed by atoms with E-state index >= 15 is 0 Å². The van der Waals surface area contributed by atoms with Gasteiger partial charge in [0.05, 0.1) is 5.69 Å². The van der Waals surface area contributed by atoms with Crippen LogP contribution in [0, 0.1) is 0 Å². The molecular formula is C18H24N6. The van der Waals surface area contributed by atoms with Gasteiger partial charge in [-0.2, -0.15) is 5.10 Å². The fourth-order valence-electron chi connectivity index (χ4n) is 2.66. The molecule has 3 aromatic rings. The molecule has 0 saturated heterocycles. The van der Waals surface area contributed by atoms with Crippen LogP contribution < -0.4 is 11.1 Å². The van der Waals surface area contributed by atoms with Crippen LogP contribution in [0.15, 0.2) is 30.3 Å². The number of aromatic nitrogens is 4. The van der Waals surface area contributed by atoms with Crippen LogP contribution in [0.25, 0.3) is 11.0 Å². The van der Waals surface area contributed by atoms with Crippen LogP contribution in [0.1, 0.15) is 43.3 Å². The summed E-state index contributed by atoms with van der Waals surface area (Å²) < 4.78 is 0. The number of nitrogens with two attached hydrogens (primary N) is 1. The average Bonchev–Trinajstić information content (AvgIpc) is 3.00. The molecule has 2 heterocycles. The Morgan fingerprint density at radius 2 is 1.92 bits per heavy atom. The Morgan fingerprint density at radius 3 is 2.62 bits per heavy atom. The van der Waals surface area contributed by atoms with E-state index in [0.717, 1.165) is 41.3 Å². The Bertz CT molecular complexity index is 794. The van der Waals surface area contributed by atoms with E-state index in [1.807, 2.05) is 18.2 Å². The maximum atomic E-state index is 5.59. The maximum absolute atomic E-state index is 5.59. The summed E-state index contributed by atoms with van der Waals surface area (Å²) in [7, 11) is 0. The number of benzene rings is 1. The molecule has 24 heavy (non-hydrogen) atoms. The number of hydrogen-bond donors (Lipinski definition) is 3. The molecule has 0 amide bonds. The Hall–Kier alpha value is -2.47. The van der Waals surface area contributed by atoms with Gasteiger partial charge in [0.15, 0.2) is 11.3 Å². The van der Waals surface area contributed by atoms with E-state index in [0.29, 0.717) is 18.9 Å². The minimum Gasteiger partial charge on any atom is -0.368 e. The Balaban J connectivity index is 2.00. The van der Waals surface area contributed by atoms with Crippen molar-refractivity contribution in [3.8, 4) is 0 Å². The zero-order valence-electron chi connectivity index (χ0n) is 14.2. The third-order valence-corrected chi connectivity index (χ3v) is 3.93. The van der Waals surface area contributed by atoms with Crippen LogP contribution in [-0.4, -0.2) is 33.3 Å². The summed E-state index contributed by atoms with van der Waals surface area (Å²) in [4.78, 5) is 9.47. The lowest BCUT2D eigenvalue weighted by atomic mass is 10.1. The second-order valence-corrected chi connectivity index (χ2v) is 6.21. The normalized spacial score (nSPS) is 11.3.